The Morgan fingerprint density at radius 1 is 1.00 bits per heavy atom. The number of carbonyl (C=O) groups is 2. The van der Waals surface area contributed by atoms with Crippen LogP contribution in [0.3, 0.4) is 0 Å². The van der Waals surface area contributed by atoms with Gasteiger partial charge in [0.15, 0.2) is 5.69 Å². The van der Waals surface area contributed by atoms with Crippen molar-refractivity contribution in [3.63, 3.8) is 0 Å². The zero-order valence-electron chi connectivity index (χ0n) is 19.9. The number of carbonyl (C=O) groups excluding carboxylic acids is 2. The number of nitrogens with one attached hydrogen (secondary N) is 2. The maximum absolute atomic E-state index is 13.3. The van der Waals surface area contributed by atoms with Crippen LogP contribution in [0.5, 0.6) is 0 Å². The van der Waals surface area contributed by atoms with Crippen molar-refractivity contribution in [1.82, 2.24) is 15.1 Å². The summed E-state index contributed by atoms with van der Waals surface area (Å²) in [6.45, 7) is 2.35. The van der Waals surface area contributed by atoms with E-state index in [1.807, 2.05) is 61.5 Å². The van der Waals surface area contributed by atoms with Crippen LogP contribution >= 0.6 is 11.3 Å². The highest BCUT2D eigenvalue weighted by Gasteiger charge is 2.27. The van der Waals surface area contributed by atoms with Crippen molar-refractivity contribution in [1.29, 1.82) is 0 Å². The number of aromatic nitrogens is 2. The van der Waals surface area contributed by atoms with Crippen molar-refractivity contribution in [2.75, 3.05) is 5.32 Å². The Labute approximate surface area is 212 Å². The van der Waals surface area contributed by atoms with Gasteiger partial charge in [-0.3, -0.25) is 14.4 Å². The molecule has 0 bridgehead atoms. The topological polar surface area (TPSA) is 93.1 Å². The van der Waals surface area contributed by atoms with E-state index in [1.54, 1.807) is 6.20 Å². The van der Waals surface area contributed by atoms with Gasteiger partial charge in [-0.2, -0.15) is 5.10 Å². The molecule has 0 unspecified atom stereocenters. The molecule has 0 spiro atoms. The monoisotopic (exact) mass is 498 g/mol. The third-order valence-corrected chi connectivity index (χ3v) is 7.42. The van der Waals surface area contributed by atoms with E-state index in [2.05, 4.69) is 15.7 Å². The summed E-state index contributed by atoms with van der Waals surface area (Å²) < 4.78 is 1.51. The van der Waals surface area contributed by atoms with Crippen LogP contribution in [0, 0.1) is 6.92 Å². The lowest BCUT2D eigenvalue weighted by atomic mass is 9.95. The third kappa shape index (κ3) is 4.99. The van der Waals surface area contributed by atoms with Crippen LogP contribution in [0.1, 0.15) is 55.3 Å². The first-order chi connectivity index (χ1) is 17.5. The van der Waals surface area contributed by atoms with Crippen LogP contribution in [0.2, 0.25) is 0 Å². The highest BCUT2D eigenvalue weighted by atomic mass is 32.1. The molecular weight excluding hydrogens is 472 g/mol. The molecule has 7 nitrogen and oxygen atoms in total. The van der Waals surface area contributed by atoms with Crippen LogP contribution in [0.25, 0.3) is 5.69 Å². The summed E-state index contributed by atoms with van der Waals surface area (Å²) in [5.41, 5.74) is 3.56. The average molecular weight is 499 g/mol. The zero-order valence-corrected chi connectivity index (χ0v) is 20.7. The molecule has 2 aromatic heterocycles. The maximum Gasteiger partial charge on any atom is 0.280 e. The molecule has 2 N–H and O–H groups in total. The zero-order chi connectivity index (χ0) is 25.1. The van der Waals surface area contributed by atoms with Gasteiger partial charge in [0.05, 0.1) is 11.3 Å². The number of amides is 2. The van der Waals surface area contributed by atoms with Gasteiger partial charge >= 0.3 is 0 Å². The van der Waals surface area contributed by atoms with Gasteiger partial charge in [0.1, 0.15) is 5.00 Å². The molecule has 1 aliphatic rings. The van der Waals surface area contributed by atoms with E-state index in [0.29, 0.717) is 17.1 Å². The predicted molar refractivity (Wildman–Crippen MR) is 141 cm³/mol. The molecule has 36 heavy (non-hydrogen) atoms. The van der Waals surface area contributed by atoms with Crippen LogP contribution in [0.15, 0.2) is 71.7 Å². The summed E-state index contributed by atoms with van der Waals surface area (Å²) in [6, 6.07) is 18.6. The van der Waals surface area contributed by atoms with E-state index in [1.165, 1.54) is 22.1 Å². The second-order valence-electron chi connectivity index (χ2n) is 8.85. The molecule has 2 heterocycles. The number of anilines is 1. The highest BCUT2D eigenvalue weighted by molar-refractivity contribution is 7.17. The number of hydrogen-bond donors (Lipinski definition) is 2. The lowest BCUT2D eigenvalue weighted by Crippen LogP contribution is -2.28. The maximum atomic E-state index is 13.3. The van der Waals surface area contributed by atoms with Crippen molar-refractivity contribution in [2.24, 2.45) is 0 Å². The van der Waals surface area contributed by atoms with E-state index in [-0.39, 0.29) is 11.6 Å². The van der Waals surface area contributed by atoms with E-state index < -0.39 is 11.3 Å². The van der Waals surface area contributed by atoms with Gasteiger partial charge in [0.25, 0.3) is 11.8 Å². The first-order valence-corrected chi connectivity index (χ1v) is 12.8. The highest BCUT2D eigenvalue weighted by Crippen LogP contribution is 2.38. The van der Waals surface area contributed by atoms with Crippen molar-refractivity contribution >= 4 is 28.2 Å². The Bertz CT molecular complexity index is 1490. The van der Waals surface area contributed by atoms with E-state index in [0.717, 1.165) is 52.9 Å². The van der Waals surface area contributed by atoms with Crippen LogP contribution in [0.4, 0.5) is 5.00 Å². The van der Waals surface area contributed by atoms with Crippen LogP contribution in [-0.2, 0) is 19.4 Å². The standard InChI is InChI=1S/C28H26N4O3S/c1-18-8-7-11-20(16-18)32-15-14-22(33)25(31-32)27(35)30-28-24(21-12-5-6-13-23(21)36-28)26(34)29-17-19-9-3-2-4-10-19/h2-4,7-11,14-16H,5-6,12-13,17H2,1H3,(H,29,34)(H,30,35). The fourth-order valence-corrected chi connectivity index (χ4v) is 5.68. The second kappa shape index (κ2) is 10.3. The molecule has 0 saturated carbocycles. The van der Waals surface area contributed by atoms with E-state index >= 15 is 0 Å². The predicted octanol–water partition coefficient (Wildman–Crippen LogP) is 4.66. The molecular formula is C28H26N4O3S. The van der Waals surface area contributed by atoms with Gasteiger partial charge in [0, 0.05) is 23.7 Å². The number of benzene rings is 2. The minimum atomic E-state index is -0.627. The summed E-state index contributed by atoms with van der Waals surface area (Å²) in [5, 5.41) is 10.6. The Morgan fingerprint density at radius 2 is 1.81 bits per heavy atom. The third-order valence-electron chi connectivity index (χ3n) is 6.21. The summed E-state index contributed by atoms with van der Waals surface area (Å²) in [7, 11) is 0. The molecule has 4 aromatic rings. The number of aryl methyl sites for hydroxylation is 2. The summed E-state index contributed by atoms with van der Waals surface area (Å²) in [4.78, 5) is 40.2. The van der Waals surface area contributed by atoms with Gasteiger partial charge in [-0.05, 0) is 61.4 Å². The average Bonchev–Trinajstić information content (AvgIpc) is 3.26. The Kier molecular flexibility index (Phi) is 6.77. The molecule has 0 radical (unpaired) electrons. The second-order valence-corrected chi connectivity index (χ2v) is 9.95. The largest absolute Gasteiger partial charge is 0.348 e. The number of hydrogen-bond acceptors (Lipinski definition) is 5. The van der Waals surface area contributed by atoms with Crippen molar-refractivity contribution in [2.45, 2.75) is 39.2 Å². The molecule has 1 aliphatic carbocycles. The van der Waals surface area contributed by atoms with E-state index in [4.69, 9.17) is 0 Å². The van der Waals surface area contributed by atoms with Crippen molar-refractivity contribution in [3.8, 4) is 5.69 Å². The van der Waals surface area contributed by atoms with Crippen molar-refractivity contribution < 1.29 is 9.59 Å². The minimum absolute atomic E-state index is 0.221. The van der Waals surface area contributed by atoms with Crippen molar-refractivity contribution in [3.05, 3.63) is 110 Å². The van der Waals surface area contributed by atoms with Gasteiger partial charge in [-0.1, -0.05) is 42.5 Å². The molecule has 5 rings (SSSR count). The molecule has 182 valence electrons. The Hall–Kier alpha value is -4.04. The summed E-state index contributed by atoms with van der Waals surface area (Å²) in [5.74, 6) is -0.857. The lowest BCUT2D eigenvalue weighted by molar-refractivity contribution is 0.0951. The first-order valence-electron chi connectivity index (χ1n) is 11.9. The van der Waals surface area contributed by atoms with Gasteiger partial charge in [0.2, 0.25) is 5.43 Å². The molecule has 0 saturated heterocycles. The van der Waals surface area contributed by atoms with Gasteiger partial charge in [-0.25, -0.2) is 4.68 Å². The molecule has 2 amide bonds. The fourth-order valence-electron chi connectivity index (χ4n) is 4.40. The summed E-state index contributed by atoms with van der Waals surface area (Å²) >= 11 is 1.41. The number of nitrogens with zero attached hydrogens (tertiary/aromatic N) is 2. The normalized spacial score (nSPS) is 12.6. The lowest BCUT2D eigenvalue weighted by Gasteiger charge is -2.13. The number of fused-ring (bicyclic) bond motifs is 1. The van der Waals surface area contributed by atoms with E-state index in [9.17, 15) is 14.4 Å². The smallest absolute Gasteiger partial charge is 0.280 e. The fraction of sp³-hybridized carbons (Fsp3) is 0.214. The molecule has 8 heteroatoms. The molecule has 0 fully saturated rings. The molecule has 0 atom stereocenters. The van der Waals surface area contributed by atoms with Crippen LogP contribution in [-0.4, -0.2) is 21.6 Å². The Balaban J connectivity index is 1.43. The molecule has 2 aromatic carbocycles. The first kappa shape index (κ1) is 23.7. The SMILES string of the molecule is Cc1cccc(-n2ccc(=O)c(C(=O)Nc3sc4c(c3C(=O)NCc3ccccc3)CCCC4)n2)c1. The number of thiophene rings is 1. The van der Waals surface area contributed by atoms with Crippen LogP contribution < -0.4 is 16.1 Å². The minimum Gasteiger partial charge on any atom is -0.348 e. The molecule has 0 aliphatic heterocycles. The van der Waals surface area contributed by atoms with Gasteiger partial charge < -0.3 is 10.6 Å². The number of rotatable bonds is 6. The summed E-state index contributed by atoms with van der Waals surface area (Å²) in [6.07, 6.45) is 5.25. The Morgan fingerprint density at radius 3 is 2.61 bits per heavy atom. The quantitative estimate of drug-likeness (QED) is 0.404. The van der Waals surface area contributed by atoms with Gasteiger partial charge in [-0.15, -0.1) is 11.3 Å².